The van der Waals surface area contributed by atoms with Crippen LogP contribution in [0.2, 0.25) is 0 Å². The van der Waals surface area contributed by atoms with E-state index in [1.165, 1.54) is 0 Å². The first-order valence-corrected chi connectivity index (χ1v) is 6.76. The molecule has 0 atom stereocenters. The molecule has 0 fully saturated rings. The topological polar surface area (TPSA) is 20.3 Å². The molecular weight excluding hydrogens is 278 g/mol. The zero-order valence-corrected chi connectivity index (χ0v) is 12.3. The maximum absolute atomic E-state index is 12.0. The van der Waals surface area contributed by atoms with E-state index >= 15 is 0 Å². The van der Waals surface area contributed by atoms with Crippen molar-refractivity contribution in [2.24, 2.45) is 5.92 Å². The van der Waals surface area contributed by atoms with Crippen LogP contribution < -0.4 is 0 Å². The molecule has 0 bridgehead atoms. The van der Waals surface area contributed by atoms with E-state index in [2.05, 4.69) is 34.7 Å². The Morgan fingerprint density at radius 3 is 2.59 bits per heavy atom. The van der Waals surface area contributed by atoms with Crippen molar-refractivity contribution < 1.29 is 4.79 Å². The van der Waals surface area contributed by atoms with Gasteiger partial charge in [0, 0.05) is 10.0 Å². The van der Waals surface area contributed by atoms with Crippen LogP contribution >= 0.6 is 15.9 Å². The molecule has 17 heavy (non-hydrogen) atoms. The molecule has 0 aromatic heterocycles. The fraction of sp³-hybridized carbons (Fsp3) is 0.500. The lowest BCUT2D eigenvalue weighted by Crippen LogP contribution is -2.27. The van der Waals surface area contributed by atoms with Gasteiger partial charge in [0.1, 0.15) is 0 Å². The summed E-state index contributed by atoms with van der Waals surface area (Å²) in [6.45, 7) is 5.84. The molecule has 1 aromatic rings. The lowest BCUT2D eigenvalue weighted by molar-refractivity contribution is 0.0943. The molecule has 0 unspecified atom stereocenters. The van der Waals surface area contributed by atoms with Crippen LogP contribution in [0.4, 0.5) is 0 Å². The Hall–Kier alpha value is -0.670. The quantitative estimate of drug-likeness (QED) is 0.748. The van der Waals surface area contributed by atoms with Crippen molar-refractivity contribution in [3.8, 4) is 0 Å². The first-order valence-electron chi connectivity index (χ1n) is 5.97. The molecule has 0 spiro atoms. The third-order valence-corrected chi connectivity index (χ3v) is 3.37. The van der Waals surface area contributed by atoms with Gasteiger partial charge in [-0.05, 0) is 32.0 Å². The average molecular weight is 298 g/mol. The van der Waals surface area contributed by atoms with Crippen LogP contribution in [0.3, 0.4) is 0 Å². The molecule has 0 heterocycles. The third kappa shape index (κ3) is 5.00. The maximum atomic E-state index is 12.0. The summed E-state index contributed by atoms with van der Waals surface area (Å²) in [5, 5.41) is 0. The van der Waals surface area contributed by atoms with Crippen LogP contribution in [0, 0.1) is 5.92 Å². The highest BCUT2D eigenvalue weighted by Crippen LogP contribution is 2.16. The summed E-state index contributed by atoms with van der Waals surface area (Å²) in [7, 11) is 2.00. The predicted octanol–water partition coefficient (Wildman–Crippen LogP) is 3.61. The minimum atomic E-state index is 0.170. The van der Waals surface area contributed by atoms with Gasteiger partial charge in [-0.15, -0.1) is 0 Å². The summed E-state index contributed by atoms with van der Waals surface area (Å²) in [5.41, 5.74) is 0.767. The minimum Gasteiger partial charge on any atom is -0.299 e. The average Bonchev–Trinajstić information content (AvgIpc) is 2.26. The summed E-state index contributed by atoms with van der Waals surface area (Å²) in [4.78, 5) is 14.1. The van der Waals surface area contributed by atoms with E-state index in [9.17, 15) is 4.79 Å². The van der Waals surface area contributed by atoms with E-state index in [0.717, 1.165) is 23.0 Å². The molecule has 1 aromatic carbocycles. The first-order chi connectivity index (χ1) is 8.00. The number of hydrogen-bond acceptors (Lipinski definition) is 2. The fourth-order valence-corrected chi connectivity index (χ4v) is 2.08. The van der Waals surface area contributed by atoms with Crippen molar-refractivity contribution >= 4 is 21.7 Å². The lowest BCUT2D eigenvalue weighted by atomic mass is 10.1. The molecule has 0 aliphatic carbocycles. The number of hydrogen-bond donors (Lipinski definition) is 0. The second-order valence-corrected chi connectivity index (χ2v) is 5.68. The standard InChI is InChI=1S/C14H20BrNO/c1-11(2)8-9-16(3)10-14(17)12-6-4-5-7-13(12)15/h4-7,11H,8-10H2,1-3H3. The number of rotatable bonds is 6. The summed E-state index contributed by atoms with van der Waals surface area (Å²) < 4.78 is 0.877. The molecule has 0 saturated carbocycles. The Morgan fingerprint density at radius 2 is 2.00 bits per heavy atom. The Kier molecular flexibility index (Phi) is 5.86. The van der Waals surface area contributed by atoms with Crippen molar-refractivity contribution in [2.75, 3.05) is 20.1 Å². The number of carbonyl (C=O) groups excluding carboxylic acids is 1. The van der Waals surface area contributed by atoms with Crippen molar-refractivity contribution in [3.63, 3.8) is 0 Å². The molecular formula is C14H20BrNO. The molecule has 1 rings (SSSR count). The zero-order valence-electron chi connectivity index (χ0n) is 10.7. The maximum Gasteiger partial charge on any atom is 0.177 e. The van der Waals surface area contributed by atoms with Gasteiger partial charge in [-0.1, -0.05) is 48.0 Å². The minimum absolute atomic E-state index is 0.170. The van der Waals surface area contributed by atoms with Gasteiger partial charge in [-0.25, -0.2) is 0 Å². The van der Waals surface area contributed by atoms with Crippen LogP contribution in [0.5, 0.6) is 0 Å². The van der Waals surface area contributed by atoms with Crippen LogP contribution in [0.25, 0.3) is 0 Å². The third-order valence-electron chi connectivity index (χ3n) is 2.68. The largest absolute Gasteiger partial charge is 0.299 e. The van der Waals surface area contributed by atoms with Crippen LogP contribution in [0.1, 0.15) is 30.6 Å². The molecule has 0 radical (unpaired) electrons. The highest BCUT2D eigenvalue weighted by molar-refractivity contribution is 9.10. The molecule has 94 valence electrons. The van der Waals surface area contributed by atoms with Crippen molar-refractivity contribution in [1.29, 1.82) is 0 Å². The second kappa shape index (κ2) is 6.92. The van der Waals surface area contributed by atoms with Crippen LogP contribution in [-0.4, -0.2) is 30.8 Å². The first kappa shape index (κ1) is 14.4. The number of carbonyl (C=O) groups is 1. The number of ketones is 1. The number of halogens is 1. The Labute approximate surface area is 112 Å². The molecule has 0 saturated heterocycles. The molecule has 0 aliphatic heterocycles. The summed E-state index contributed by atoms with van der Waals surface area (Å²) in [6, 6.07) is 7.58. The van der Waals surface area contributed by atoms with Gasteiger partial charge in [0.2, 0.25) is 0 Å². The molecule has 2 nitrogen and oxygen atoms in total. The van der Waals surface area contributed by atoms with Gasteiger partial charge >= 0.3 is 0 Å². The summed E-state index contributed by atoms with van der Waals surface area (Å²) in [6.07, 6.45) is 1.12. The van der Waals surface area contributed by atoms with E-state index in [1.54, 1.807) is 0 Å². The zero-order chi connectivity index (χ0) is 12.8. The van der Waals surface area contributed by atoms with Crippen LogP contribution in [-0.2, 0) is 0 Å². The molecule has 0 aliphatic rings. The SMILES string of the molecule is CC(C)CCN(C)CC(=O)c1ccccc1Br. The van der Waals surface area contributed by atoms with Crippen molar-refractivity contribution in [2.45, 2.75) is 20.3 Å². The number of benzene rings is 1. The highest BCUT2D eigenvalue weighted by Gasteiger charge is 2.11. The smallest absolute Gasteiger partial charge is 0.177 e. The van der Waals surface area contributed by atoms with E-state index in [0.29, 0.717) is 12.5 Å². The van der Waals surface area contributed by atoms with E-state index in [4.69, 9.17) is 0 Å². The normalized spacial score (nSPS) is 11.2. The predicted molar refractivity (Wildman–Crippen MR) is 75.4 cm³/mol. The monoisotopic (exact) mass is 297 g/mol. The Morgan fingerprint density at radius 1 is 1.35 bits per heavy atom. The second-order valence-electron chi connectivity index (χ2n) is 4.82. The van der Waals surface area contributed by atoms with E-state index < -0.39 is 0 Å². The van der Waals surface area contributed by atoms with Gasteiger partial charge in [0.25, 0.3) is 0 Å². The van der Waals surface area contributed by atoms with Gasteiger partial charge in [0.05, 0.1) is 6.54 Å². The number of likely N-dealkylation sites (N-methyl/N-ethyl adjacent to an activating group) is 1. The van der Waals surface area contributed by atoms with Gasteiger partial charge in [-0.3, -0.25) is 9.69 Å². The number of Topliss-reactive ketones (excluding diaryl/α,β-unsaturated/α-hetero) is 1. The van der Waals surface area contributed by atoms with Gasteiger partial charge in [0.15, 0.2) is 5.78 Å². The summed E-state index contributed by atoms with van der Waals surface area (Å²) >= 11 is 3.41. The molecule has 0 amide bonds. The van der Waals surface area contributed by atoms with Gasteiger partial charge < -0.3 is 0 Å². The fourth-order valence-electron chi connectivity index (χ4n) is 1.58. The van der Waals surface area contributed by atoms with E-state index in [1.807, 2.05) is 31.3 Å². The van der Waals surface area contributed by atoms with Gasteiger partial charge in [-0.2, -0.15) is 0 Å². The van der Waals surface area contributed by atoms with Crippen molar-refractivity contribution in [1.82, 2.24) is 4.90 Å². The highest BCUT2D eigenvalue weighted by atomic mass is 79.9. The Balaban J connectivity index is 2.52. The molecule has 0 N–H and O–H groups in total. The lowest BCUT2D eigenvalue weighted by Gasteiger charge is -2.17. The van der Waals surface area contributed by atoms with Crippen LogP contribution in [0.15, 0.2) is 28.7 Å². The summed E-state index contributed by atoms with van der Waals surface area (Å²) in [5.74, 6) is 0.847. The van der Waals surface area contributed by atoms with E-state index in [-0.39, 0.29) is 5.78 Å². The van der Waals surface area contributed by atoms with Crippen molar-refractivity contribution in [3.05, 3.63) is 34.3 Å². The molecule has 3 heteroatoms. The number of nitrogens with zero attached hydrogens (tertiary/aromatic N) is 1. The Bertz CT molecular complexity index is 376.